The van der Waals surface area contributed by atoms with E-state index in [2.05, 4.69) is 48.2 Å². The van der Waals surface area contributed by atoms with E-state index in [9.17, 15) is 4.79 Å². The number of ether oxygens (including phenoxy) is 1. The molecule has 0 saturated carbocycles. The van der Waals surface area contributed by atoms with Crippen molar-refractivity contribution >= 4 is 11.7 Å². The van der Waals surface area contributed by atoms with Crippen molar-refractivity contribution in [1.29, 1.82) is 0 Å². The van der Waals surface area contributed by atoms with Crippen LogP contribution in [0.2, 0.25) is 0 Å². The van der Waals surface area contributed by atoms with Crippen molar-refractivity contribution < 1.29 is 9.53 Å². The van der Waals surface area contributed by atoms with Gasteiger partial charge in [0.2, 0.25) is 0 Å². The zero-order chi connectivity index (χ0) is 18.1. The minimum Gasteiger partial charge on any atom is -0.479 e. The monoisotopic (exact) mass is 337 g/mol. The molecule has 5 nitrogen and oxygen atoms in total. The molecule has 1 aromatic heterocycles. The lowest BCUT2D eigenvalue weighted by atomic mass is 9.87. The van der Waals surface area contributed by atoms with Crippen molar-refractivity contribution in [3.05, 3.63) is 54.4 Å². The van der Waals surface area contributed by atoms with Crippen LogP contribution in [0.4, 0.5) is 10.5 Å². The average molecular weight is 337 g/mol. The van der Waals surface area contributed by atoms with E-state index in [0.29, 0.717) is 5.75 Å². The highest BCUT2D eigenvalue weighted by atomic mass is 16.5. The van der Waals surface area contributed by atoms with Gasteiger partial charge in [-0.3, -0.25) is 4.98 Å². The van der Waals surface area contributed by atoms with Gasteiger partial charge in [0, 0.05) is 11.9 Å². The summed E-state index contributed by atoms with van der Waals surface area (Å²) in [6.45, 7) is 6.96. The van der Waals surface area contributed by atoms with Crippen LogP contribution in [0.25, 0.3) is 0 Å². The molecule has 0 unspecified atom stereocenters. The van der Waals surface area contributed by atoms with E-state index in [-0.39, 0.29) is 24.6 Å². The Balaban J connectivity index is 1.70. The number of hydrogen-bond acceptors (Lipinski definition) is 3. The third-order valence-corrected chi connectivity index (χ3v) is 3.42. The van der Waals surface area contributed by atoms with E-state index in [4.69, 9.17) is 4.74 Å². The summed E-state index contributed by atoms with van der Waals surface area (Å²) in [6, 6.07) is 11.1. The third-order valence-electron chi connectivity index (χ3n) is 3.42. The number of nitrogens with one attached hydrogen (secondary N) is 2. The van der Waals surface area contributed by atoms with Crippen molar-refractivity contribution in [3.8, 4) is 17.6 Å². The van der Waals surface area contributed by atoms with Crippen LogP contribution in [-0.4, -0.2) is 24.2 Å². The first-order chi connectivity index (χ1) is 11.9. The molecule has 1 aromatic carbocycles. The van der Waals surface area contributed by atoms with E-state index in [1.807, 2.05) is 30.3 Å². The Kier molecular flexibility index (Phi) is 6.41. The summed E-state index contributed by atoms with van der Waals surface area (Å²) < 4.78 is 5.38. The van der Waals surface area contributed by atoms with E-state index in [1.54, 1.807) is 18.5 Å². The molecule has 0 saturated heterocycles. The first-order valence-corrected chi connectivity index (χ1v) is 8.09. The largest absolute Gasteiger partial charge is 0.479 e. The molecule has 2 N–H and O–H groups in total. The average Bonchev–Trinajstić information content (AvgIpc) is 2.58. The summed E-state index contributed by atoms with van der Waals surface area (Å²) in [7, 11) is 0. The van der Waals surface area contributed by atoms with Gasteiger partial charge in [-0.25, -0.2) is 4.79 Å². The number of urea groups is 1. The Labute approximate surface area is 148 Å². The van der Waals surface area contributed by atoms with Crippen molar-refractivity contribution in [2.75, 3.05) is 18.5 Å². The van der Waals surface area contributed by atoms with Gasteiger partial charge in [0.15, 0.2) is 0 Å². The fraction of sp³-hybridized carbons (Fsp3) is 0.300. The molecule has 0 aliphatic carbocycles. The molecule has 0 atom stereocenters. The zero-order valence-electron chi connectivity index (χ0n) is 14.8. The Morgan fingerprint density at radius 2 is 1.92 bits per heavy atom. The quantitative estimate of drug-likeness (QED) is 0.838. The molecular weight excluding hydrogens is 314 g/mol. The van der Waals surface area contributed by atoms with Crippen molar-refractivity contribution in [2.24, 2.45) is 0 Å². The van der Waals surface area contributed by atoms with Gasteiger partial charge in [0.25, 0.3) is 0 Å². The topological polar surface area (TPSA) is 63.2 Å². The van der Waals surface area contributed by atoms with Gasteiger partial charge in [-0.15, -0.1) is 0 Å². The molecule has 0 aliphatic heterocycles. The van der Waals surface area contributed by atoms with Crippen molar-refractivity contribution in [2.45, 2.75) is 26.2 Å². The molecule has 0 fully saturated rings. The van der Waals surface area contributed by atoms with Crippen molar-refractivity contribution in [3.63, 3.8) is 0 Å². The van der Waals surface area contributed by atoms with E-state index in [1.165, 1.54) is 5.56 Å². The maximum absolute atomic E-state index is 11.8. The lowest BCUT2D eigenvalue weighted by Gasteiger charge is -2.19. The van der Waals surface area contributed by atoms with Gasteiger partial charge < -0.3 is 15.4 Å². The number of carbonyl (C=O) groups is 1. The van der Waals surface area contributed by atoms with Gasteiger partial charge in [-0.2, -0.15) is 0 Å². The molecule has 25 heavy (non-hydrogen) atoms. The minimum absolute atomic E-state index is 0.0915. The third kappa shape index (κ3) is 6.56. The molecule has 1 heterocycles. The molecule has 2 amide bonds. The van der Waals surface area contributed by atoms with Crippen LogP contribution >= 0.6 is 0 Å². The highest BCUT2D eigenvalue weighted by Gasteiger charge is 2.12. The summed E-state index contributed by atoms with van der Waals surface area (Å²) >= 11 is 0. The van der Waals surface area contributed by atoms with Crippen LogP contribution in [0.1, 0.15) is 26.3 Å². The number of aromatic nitrogens is 1. The van der Waals surface area contributed by atoms with E-state index < -0.39 is 0 Å². The van der Waals surface area contributed by atoms with Crippen molar-refractivity contribution in [1.82, 2.24) is 10.3 Å². The minimum atomic E-state index is -0.286. The fourth-order valence-electron chi connectivity index (χ4n) is 2.02. The number of rotatable bonds is 4. The van der Waals surface area contributed by atoms with Crippen LogP contribution in [0, 0.1) is 11.8 Å². The Morgan fingerprint density at radius 3 is 2.56 bits per heavy atom. The lowest BCUT2D eigenvalue weighted by Crippen LogP contribution is -2.29. The number of carbonyl (C=O) groups excluding carboxylic acids is 1. The zero-order valence-corrected chi connectivity index (χ0v) is 14.8. The summed E-state index contributed by atoms with van der Waals surface area (Å²) in [6.07, 6.45) is 3.30. The summed E-state index contributed by atoms with van der Waals surface area (Å²) in [5.74, 6) is 6.34. The molecule has 130 valence electrons. The maximum atomic E-state index is 11.8. The number of benzene rings is 1. The summed E-state index contributed by atoms with van der Waals surface area (Å²) in [5, 5.41) is 5.46. The molecule has 0 radical (unpaired) electrons. The van der Waals surface area contributed by atoms with Crippen LogP contribution in [0.15, 0.2) is 48.8 Å². The van der Waals surface area contributed by atoms with Crippen LogP contribution < -0.4 is 15.4 Å². The molecule has 0 aliphatic rings. The normalized spacial score (nSPS) is 10.4. The van der Waals surface area contributed by atoms with Gasteiger partial charge in [0.1, 0.15) is 12.4 Å². The molecule has 2 rings (SSSR count). The lowest BCUT2D eigenvalue weighted by molar-refractivity contribution is 0.253. The van der Waals surface area contributed by atoms with Gasteiger partial charge in [0.05, 0.1) is 12.7 Å². The SMILES string of the molecule is CC(C)(C)c1ccc(NC(=O)NCC#CCOc2cccnc2)cc1. The smallest absolute Gasteiger partial charge is 0.319 e. The molecule has 0 spiro atoms. The van der Waals surface area contributed by atoms with E-state index >= 15 is 0 Å². The molecule has 0 bridgehead atoms. The second-order valence-electron chi connectivity index (χ2n) is 6.47. The Bertz CT molecular complexity index is 738. The van der Waals surface area contributed by atoms with Gasteiger partial charge in [-0.1, -0.05) is 44.7 Å². The van der Waals surface area contributed by atoms with Gasteiger partial charge >= 0.3 is 6.03 Å². The predicted molar refractivity (Wildman–Crippen MR) is 99.7 cm³/mol. The first-order valence-electron chi connectivity index (χ1n) is 8.09. The summed E-state index contributed by atoms with van der Waals surface area (Å²) in [4.78, 5) is 15.8. The Morgan fingerprint density at radius 1 is 1.16 bits per heavy atom. The summed E-state index contributed by atoms with van der Waals surface area (Å²) in [5.41, 5.74) is 2.06. The van der Waals surface area contributed by atoms with Crippen LogP contribution in [0.5, 0.6) is 5.75 Å². The van der Waals surface area contributed by atoms with Crippen LogP contribution in [0.3, 0.4) is 0 Å². The highest BCUT2D eigenvalue weighted by Crippen LogP contribution is 2.23. The van der Waals surface area contributed by atoms with Crippen LogP contribution in [-0.2, 0) is 5.41 Å². The second kappa shape index (κ2) is 8.74. The number of nitrogens with zero attached hydrogens (tertiary/aromatic N) is 1. The highest BCUT2D eigenvalue weighted by molar-refractivity contribution is 5.89. The number of anilines is 1. The Hall–Kier alpha value is -3.00. The van der Waals surface area contributed by atoms with Gasteiger partial charge in [-0.05, 0) is 35.2 Å². The van der Waals surface area contributed by atoms with E-state index in [0.717, 1.165) is 5.69 Å². The number of hydrogen-bond donors (Lipinski definition) is 2. The molecule has 5 heteroatoms. The standard InChI is InChI=1S/C20H23N3O2/c1-20(2,3)16-8-10-17(11-9-16)23-19(24)22-13-4-5-14-25-18-7-6-12-21-15-18/h6-12,15H,13-14H2,1-3H3,(H2,22,23,24). The predicted octanol–water partition coefficient (Wildman–Crippen LogP) is 3.58. The fourth-order valence-corrected chi connectivity index (χ4v) is 2.02. The second-order valence-corrected chi connectivity index (χ2v) is 6.47. The molecular formula is C20H23N3O2. The molecule has 2 aromatic rings. The maximum Gasteiger partial charge on any atom is 0.319 e. The number of amides is 2. The number of pyridine rings is 1. The first kappa shape index (κ1) is 18.3.